The summed E-state index contributed by atoms with van der Waals surface area (Å²) >= 11 is 0. The predicted octanol–water partition coefficient (Wildman–Crippen LogP) is 21.2. The molecule has 7 rings (SSSR count). The maximum Gasteiger partial charge on any atom is 2.00 e. The minimum absolute atomic E-state index is 0. The topological polar surface area (TPSA) is 60.1 Å². The Morgan fingerprint density at radius 2 is 0.526 bits per heavy atom. The van der Waals surface area contributed by atoms with Gasteiger partial charge in [0.2, 0.25) is 0 Å². The van der Waals surface area contributed by atoms with Crippen LogP contribution >= 0.6 is 0 Å². The number of aldehydes is 2. The van der Waals surface area contributed by atoms with Crippen LogP contribution in [0.1, 0.15) is 322 Å². The van der Waals surface area contributed by atoms with Crippen LogP contribution in [0, 0.1) is 64.2 Å². The Bertz CT molecular complexity index is 1550. The van der Waals surface area contributed by atoms with E-state index >= 15 is 0 Å². The van der Waals surface area contributed by atoms with Gasteiger partial charge in [0.25, 0.3) is 0 Å². The van der Waals surface area contributed by atoms with Gasteiger partial charge in [0, 0.05) is 60.2 Å². The van der Waals surface area contributed by atoms with E-state index in [-0.39, 0.29) is 71.3 Å². The zero-order chi connectivity index (χ0) is 67.7. The van der Waals surface area contributed by atoms with Gasteiger partial charge in [-0.3, -0.25) is 0 Å². The average Bonchev–Trinajstić information content (AvgIpc) is 1.85. The minimum atomic E-state index is 0. The van der Waals surface area contributed by atoms with Crippen LogP contribution in [0.3, 0.4) is 0 Å². The second kappa shape index (κ2) is 64.4. The van der Waals surface area contributed by atoms with Gasteiger partial charge in [-0.1, -0.05) is 219 Å². The van der Waals surface area contributed by atoms with E-state index in [1.54, 1.807) is 0 Å². The summed E-state index contributed by atoms with van der Waals surface area (Å²) < 4.78 is 0. The van der Waals surface area contributed by atoms with E-state index in [2.05, 4.69) is 165 Å². The fourth-order valence-electron chi connectivity index (χ4n) is 15.4. The third kappa shape index (κ3) is 51.0. The first-order valence-corrected chi connectivity index (χ1v) is 39.1. The zero-order valence-corrected chi connectivity index (χ0v) is 72.1. The molecule has 0 bridgehead atoms. The summed E-state index contributed by atoms with van der Waals surface area (Å²) in [5.74, 6) is 2.24. The molecule has 12 heteroatoms. The molecule has 0 amide bonds. The number of carbonyl (C=O) groups excluding carboxylic acids is 2. The predicted molar refractivity (Wildman–Crippen MR) is 431 cm³/mol. The zero-order valence-electron chi connectivity index (χ0n) is 69.9. The van der Waals surface area contributed by atoms with Crippen molar-refractivity contribution >= 4 is 12.6 Å². The van der Waals surface area contributed by atoms with Crippen LogP contribution in [0.25, 0.3) is 0 Å². The smallest absolute Gasteiger partial charge is 0.358 e. The monoisotopic (exact) mass is 1460 g/mol. The molecular weight excluding hydrogens is 1280 g/mol. The van der Waals surface area contributed by atoms with Crippen molar-refractivity contribution in [2.45, 2.75) is 370 Å². The molecule has 0 aromatic rings. The van der Waals surface area contributed by atoms with Gasteiger partial charge in [-0.2, -0.15) is 0 Å². The molecule has 7 saturated carbocycles. The molecule has 7 aliphatic carbocycles. The Balaban J connectivity index is -0.000000202. The molecule has 0 radical (unpaired) electrons. The molecule has 97 heavy (non-hydrogen) atoms. The number of likely N-dealkylation sites (N-methyl/N-ethyl adjacent to an activating group) is 6. The number of nitrogens with zero attached hydrogens (tertiary/aromatic N) is 8. The third-order valence-electron chi connectivity index (χ3n) is 22.0. The van der Waals surface area contributed by atoms with Crippen LogP contribution in [-0.2, 0) is 43.7 Å². The summed E-state index contributed by atoms with van der Waals surface area (Å²) in [6.07, 6.45) is 51.6. The van der Waals surface area contributed by atoms with E-state index in [4.69, 9.17) is 0 Å². The average molecular weight is 1460 g/mol. The van der Waals surface area contributed by atoms with Crippen molar-refractivity contribution < 1.29 is 43.7 Å². The molecule has 7 fully saturated rings. The Kier molecular flexibility index (Phi) is 73.4. The van der Waals surface area contributed by atoms with E-state index in [0.29, 0.717) is 34.7 Å². The largest absolute Gasteiger partial charge is 2.00 e. The van der Waals surface area contributed by atoms with Crippen LogP contribution in [0.4, 0.5) is 0 Å². The number of hydrogen-bond acceptors (Lipinski definition) is 10. The summed E-state index contributed by atoms with van der Waals surface area (Å²) in [4.78, 5) is 41.2. The van der Waals surface area contributed by atoms with Crippen LogP contribution in [-0.4, -0.2) is 210 Å². The molecule has 0 aromatic carbocycles. The second-order valence-corrected chi connectivity index (χ2v) is 33.9. The van der Waals surface area contributed by atoms with Crippen molar-refractivity contribution in [3.8, 4) is 0 Å². The van der Waals surface area contributed by atoms with Crippen molar-refractivity contribution in [2.24, 2.45) is 34.5 Å². The molecule has 0 aliphatic heterocycles. The summed E-state index contributed by atoms with van der Waals surface area (Å²) in [6.45, 7) is 35.6. The molecule has 10 nitrogen and oxygen atoms in total. The van der Waals surface area contributed by atoms with Gasteiger partial charge in [0.05, 0.1) is 0 Å². The second-order valence-electron chi connectivity index (χ2n) is 33.9. The normalized spacial score (nSPS) is 24.5. The van der Waals surface area contributed by atoms with E-state index in [1.165, 1.54) is 258 Å². The number of carbonyl (C=O) groups is 2. The summed E-state index contributed by atoms with van der Waals surface area (Å²) in [6, 6.07) is 5.68. The molecule has 0 aromatic heterocycles. The van der Waals surface area contributed by atoms with Gasteiger partial charge in [0.1, 0.15) is 12.6 Å². The standard InChI is InChI=1S/C20H42N2.C18H38N2.C16H34N2.2C8H15NO.2C5H10.CH4.4CH3.2Fe/c1-19(2,3)13-15-21(7)17-11-9-10-12-18(17)22(8)16-14-20(4,5)6;1-15(2)11-13-19(5)17-9-7-8-10-18(17)20(6)14-12-16(3)4;1-5-7-13-17(3)15-11-9-10-12-16(15)18(4)14-8-6-2;2*1-9(2)8-5-3-4-7(8)6-10;2*1-2-4-5-3-1;;;;;;;/h17-18H,9-16H2,1-8H3;15-18H,7-14H2,1-6H3;15-16H,5-14H2,1-4H3;2*6-8H,3-5H2,1-2H3;2*1-5H2;1H4;4*1H3;;/q;;;;;;;;4*-1;2*+2. The van der Waals surface area contributed by atoms with Gasteiger partial charge in [-0.05, 0) is 235 Å². The Morgan fingerprint density at radius 1 is 0.320 bits per heavy atom. The quantitative estimate of drug-likeness (QED) is 0.0475. The number of hydrogen-bond donors (Lipinski definition) is 0. The third-order valence-corrected chi connectivity index (χ3v) is 22.0. The van der Waals surface area contributed by atoms with Gasteiger partial charge >= 0.3 is 34.1 Å². The van der Waals surface area contributed by atoms with E-state index in [1.807, 2.05) is 28.2 Å². The van der Waals surface area contributed by atoms with Crippen LogP contribution in [0.2, 0.25) is 0 Å². The van der Waals surface area contributed by atoms with E-state index < -0.39 is 0 Å². The summed E-state index contributed by atoms with van der Waals surface area (Å²) in [5.41, 5.74) is 0.882. The van der Waals surface area contributed by atoms with Crippen molar-refractivity contribution in [3.63, 3.8) is 0 Å². The van der Waals surface area contributed by atoms with Crippen molar-refractivity contribution in [3.05, 3.63) is 29.7 Å². The molecule has 7 aliphatic rings. The molecule has 0 N–H and O–H groups in total. The van der Waals surface area contributed by atoms with Crippen molar-refractivity contribution in [1.82, 2.24) is 39.2 Å². The number of unbranched alkanes of at least 4 members (excludes halogenated alkanes) is 2. The first-order chi connectivity index (χ1) is 42.6. The van der Waals surface area contributed by atoms with Gasteiger partial charge < -0.3 is 78.5 Å². The van der Waals surface area contributed by atoms with Gasteiger partial charge in [0.15, 0.2) is 0 Å². The SMILES string of the molecule is C.C1CCCC1.C1CCCC1.CC(C)CCN(C)C1CCCCC1N(C)CCC(C)C.CCCCN(C)C1CCCCC1N(C)CCCC.CN(C)C1CCCC1C=O.CN(C)C1CCCC1C=O.CN(CCC(C)(C)C)C1CCCCC1N(C)CCC(C)(C)C.[CH3-].[CH3-].[CH3-].[CH3-].[Fe+2].[Fe+2]. The van der Waals surface area contributed by atoms with Crippen molar-refractivity contribution in [1.29, 1.82) is 0 Å². The van der Waals surface area contributed by atoms with E-state index in [9.17, 15) is 9.59 Å². The fraction of sp³-hybridized carbons (Fsp3) is 0.929. The Morgan fingerprint density at radius 3 is 0.701 bits per heavy atom. The molecule has 0 heterocycles. The first kappa shape index (κ1) is 110. The Hall–Kier alpha value is 0.0590. The molecule has 0 spiro atoms. The molecule has 10 unspecified atom stereocenters. The van der Waals surface area contributed by atoms with Crippen LogP contribution in [0.5, 0.6) is 0 Å². The van der Waals surface area contributed by atoms with Gasteiger partial charge in [-0.15, -0.1) is 0 Å². The van der Waals surface area contributed by atoms with Crippen molar-refractivity contribution in [2.75, 3.05) is 110 Å². The summed E-state index contributed by atoms with van der Waals surface area (Å²) in [7, 11) is 22.3. The van der Waals surface area contributed by atoms with Crippen LogP contribution < -0.4 is 0 Å². The summed E-state index contributed by atoms with van der Waals surface area (Å²) in [5, 5.41) is 0. The molecule has 0 saturated heterocycles. The molecular formula is C85H180Fe2N8O2. The molecule has 10 atom stereocenters. The minimum Gasteiger partial charge on any atom is -0.358 e. The fourth-order valence-corrected chi connectivity index (χ4v) is 15.4. The van der Waals surface area contributed by atoms with E-state index in [0.717, 1.165) is 73.5 Å². The first-order valence-electron chi connectivity index (χ1n) is 39.1. The maximum absolute atomic E-state index is 10.5. The number of rotatable bonds is 26. The maximum atomic E-state index is 10.5. The van der Waals surface area contributed by atoms with Crippen LogP contribution in [0.15, 0.2) is 0 Å². The molecule has 588 valence electrons. The Labute approximate surface area is 635 Å². The van der Waals surface area contributed by atoms with Gasteiger partial charge in [-0.25, -0.2) is 0 Å².